The number of fused-ring (bicyclic) bond motifs is 1. The van der Waals surface area contributed by atoms with E-state index in [2.05, 4.69) is 15.3 Å². The number of pyridine rings is 2. The number of carbonyl (C=O) groups is 1. The van der Waals surface area contributed by atoms with Crippen LogP contribution in [0.5, 0.6) is 0 Å². The lowest BCUT2D eigenvalue weighted by Crippen LogP contribution is -2.38. The van der Waals surface area contributed by atoms with Gasteiger partial charge in [-0.05, 0) is 37.1 Å². The van der Waals surface area contributed by atoms with Gasteiger partial charge in [0.15, 0.2) is 11.7 Å². The molecule has 1 aliphatic carbocycles. The van der Waals surface area contributed by atoms with Gasteiger partial charge in [0.1, 0.15) is 5.82 Å². The molecule has 5 nitrogen and oxygen atoms in total. The molecule has 1 N–H and O–H groups in total. The molecule has 3 heterocycles. The summed E-state index contributed by atoms with van der Waals surface area (Å²) in [5.74, 6) is 0.0985. The summed E-state index contributed by atoms with van der Waals surface area (Å²) < 4.78 is 42.2. The van der Waals surface area contributed by atoms with Crippen molar-refractivity contribution in [1.29, 1.82) is 0 Å². The van der Waals surface area contributed by atoms with Crippen molar-refractivity contribution in [2.24, 2.45) is 0 Å². The number of aromatic nitrogens is 3. The van der Waals surface area contributed by atoms with Gasteiger partial charge in [-0.25, -0.2) is 4.98 Å². The van der Waals surface area contributed by atoms with E-state index in [1.807, 2.05) is 0 Å². The van der Waals surface area contributed by atoms with Crippen molar-refractivity contribution in [2.75, 3.05) is 0 Å². The van der Waals surface area contributed by atoms with Crippen LogP contribution in [-0.2, 0) is 0 Å². The van der Waals surface area contributed by atoms with E-state index in [4.69, 9.17) is 0 Å². The number of halogens is 3. The van der Waals surface area contributed by atoms with Crippen LogP contribution in [0.3, 0.4) is 0 Å². The number of alkyl halides is 3. The summed E-state index contributed by atoms with van der Waals surface area (Å²) in [5.41, 5.74) is 0.228. The van der Waals surface area contributed by atoms with E-state index in [9.17, 15) is 18.0 Å². The van der Waals surface area contributed by atoms with E-state index in [1.165, 1.54) is 24.4 Å². The summed E-state index contributed by atoms with van der Waals surface area (Å²) in [6.45, 7) is 0. The molecule has 1 unspecified atom stereocenters. The molecule has 134 valence electrons. The minimum Gasteiger partial charge on any atom is -0.334 e. The molecule has 3 aromatic rings. The van der Waals surface area contributed by atoms with Gasteiger partial charge >= 0.3 is 6.18 Å². The predicted octanol–water partition coefficient (Wildman–Crippen LogP) is 3.64. The fourth-order valence-corrected chi connectivity index (χ4v) is 2.93. The van der Waals surface area contributed by atoms with Crippen molar-refractivity contribution < 1.29 is 18.0 Å². The normalized spacial score (nSPS) is 15.8. The molecule has 0 spiro atoms. The second-order valence-electron chi connectivity index (χ2n) is 6.25. The Labute approximate surface area is 146 Å². The van der Waals surface area contributed by atoms with Gasteiger partial charge in [0.25, 0.3) is 5.91 Å². The molecule has 8 heteroatoms. The lowest BCUT2D eigenvalue weighted by molar-refractivity contribution is -0.156. The lowest BCUT2D eigenvalue weighted by Gasteiger charge is -2.20. The maximum atomic E-state index is 13.5. The molecule has 1 aliphatic rings. The third-order valence-electron chi connectivity index (χ3n) is 4.32. The highest BCUT2D eigenvalue weighted by molar-refractivity contribution is 5.99. The minimum atomic E-state index is -4.67. The van der Waals surface area contributed by atoms with Gasteiger partial charge in [0, 0.05) is 18.3 Å². The zero-order valence-corrected chi connectivity index (χ0v) is 13.6. The fraction of sp³-hybridized carbons (Fsp3) is 0.278. The number of hydrogen-bond donors (Lipinski definition) is 1. The van der Waals surface area contributed by atoms with E-state index in [0.29, 0.717) is 11.3 Å². The molecule has 26 heavy (non-hydrogen) atoms. The molecule has 1 saturated carbocycles. The largest absolute Gasteiger partial charge is 0.414 e. The highest BCUT2D eigenvalue weighted by Crippen LogP contribution is 2.40. The number of hydrogen-bond acceptors (Lipinski definition) is 3. The van der Waals surface area contributed by atoms with E-state index < -0.39 is 18.1 Å². The summed E-state index contributed by atoms with van der Waals surface area (Å²) >= 11 is 0. The van der Waals surface area contributed by atoms with Crippen LogP contribution >= 0.6 is 0 Å². The van der Waals surface area contributed by atoms with Crippen LogP contribution < -0.4 is 5.32 Å². The monoisotopic (exact) mass is 360 g/mol. The highest BCUT2D eigenvalue weighted by atomic mass is 19.4. The van der Waals surface area contributed by atoms with Gasteiger partial charge in [-0.3, -0.25) is 9.78 Å². The Hall–Kier alpha value is -2.90. The minimum absolute atomic E-state index is 0.00215. The lowest BCUT2D eigenvalue weighted by atomic mass is 10.1. The van der Waals surface area contributed by atoms with Crippen molar-refractivity contribution in [2.45, 2.75) is 31.0 Å². The molecule has 4 rings (SSSR count). The van der Waals surface area contributed by atoms with Crippen molar-refractivity contribution in [1.82, 2.24) is 19.7 Å². The first kappa shape index (κ1) is 16.6. The Bertz CT molecular complexity index is 948. The Kier molecular flexibility index (Phi) is 3.90. The van der Waals surface area contributed by atoms with Gasteiger partial charge < -0.3 is 9.72 Å². The average Bonchev–Trinajstić information content (AvgIpc) is 3.39. The van der Waals surface area contributed by atoms with E-state index in [-0.39, 0.29) is 17.3 Å². The molecule has 0 aromatic carbocycles. The molecule has 3 aromatic heterocycles. The van der Waals surface area contributed by atoms with Crippen molar-refractivity contribution >= 4 is 11.4 Å². The summed E-state index contributed by atoms with van der Waals surface area (Å²) in [4.78, 5) is 20.7. The molecular formula is C18H15F3N4O. The van der Waals surface area contributed by atoms with E-state index in [1.54, 1.807) is 28.8 Å². The SMILES string of the molecule is O=C(NC(c1ccccn1)C(F)(F)F)c1nc(C2CC2)n2ccccc12. The van der Waals surface area contributed by atoms with Gasteiger partial charge in [0.05, 0.1) is 11.2 Å². The maximum Gasteiger partial charge on any atom is 0.414 e. The molecule has 0 bridgehead atoms. The summed E-state index contributed by atoms with van der Waals surface area (Å²) in [5, 5.41) is 2.05. The smallest absolute Gasteiger partial charge is 0.334 e. The van der Waals surface area contributed by atoms with Crippen LogP contribution in [0.2, 0.25) is 0 Å². The number of nitrogens with zero attached hydrogens (tertiary/aromatic N) is 3. The van der Waals surface area contributed by atoms with Crippen molar-refractivity contribution in [3.05, 3.63) is 66.0 Å². The van der Waals surface area contributed by atoms with Crippen LogP contribution in [0.4, 0.5) is 13.2 Å². The number of rotatable bonds is 4. The summed E-state index contributed by atoms with van der Waals surface area (Å²) in [6.07, 6.45) is 0.297. The van der Waals surface area contributed by atoms with Crippen LogP contribution in [0.1, 0.15) is 46.8 Å². The zero-order chi connectivity index (χ0) is 18.3. The van der Waals surface area contributed by atoms with Crippen LogP contribution in [-0.4, -0.2) is 26.5 Å². The molecular weight excluding hydrogens is 345 g/mol. The quantitative estimate of drug-likeness (QED) is 0.773. The standard InChI is InChI=1S/C18H15F3N4O/c19-18(20,21)15(12-5-1-3-9-22-12)24-17(26)14-13-6-2-4-10-25(13)16(23-14)11-7-8-11/h1-6,9-11,15H,7-8H2,(H,24,26). The van der Waals surface area contributed by atoms with Gasteiger partial charge in [0.2, 0.25) is 0 Å². The van der Waals surface area contributed by atoms with E-state index in [0.717, 1.165) is 12.8 Å². The number of amides is 1. The second-order valence-corrected chi connectivity index (χ2v) is 6.25. The number of nitrogens with one attached hydrogen (secondary N) is 1. The molecule has 0 radical (unpaired) electrons. The van der Waals surface area contributed by atoms with Crippen LogP contribution in [0, 0.1) is 0 Å². The van der Waals surface area contributed by atoms with Crippen molar-refractivity contribution in [3.8, 4) is 0 Å². The van der Waals surface area contributed by atoms with Crippen molar-refractivity contribution in [3.63, 3.8) is 0 Å². The fourth-order valence-electron chi connectivity index (χ4n) is 2.93. The van der Waals surface area contributed by atoms with Crippen LogP contribution in [0.15, 0.2) is 48.8 Å². The topological polar surface area (TPSA) is 59.3 Å². The third kappa shape index (κ3) is 3.02. The van der Waals surface area contributed by atoms with Crippen LogP contribution in [0.25, 0.3) is 5.52 Å². The summed E-state index contributed by atoms with van der Waals surface area (Å²) in [6, 6.07) is 7.21. The first-order valence-electron chi connectivity index (χ1n) is 8.20. The summed E-state index contributed by atoms with van der Waals surface area (Å²) in [7, 11) is 0. The molecule has 1 amide bonds. The zero-order valence-electron chi connectivity index (χ0n) is 13.6. The van der Waals surface area contributed by atoms with Gasteiger partial charge in [-0.15, -0.1) is 0 Å². The first-order valence-corrected chi connectivity index (χ1v) is 8.20. The van der Waals surface area contributed by atoms with E-state index >= 15 is 0 Å². The van der Waals surface area contributed by atoms with Gasteiger partial charge in [-0.2, -0.15) is 13.2 Å². The average molecular weight is 360 g/mol. The Morgan fingerprint density at radius 1 is 1.19 bits per heavy atom. The molecule has 0 aliphatic heterocycles. The molecule has 1 fully saturated rings. The Balaban J connectivity index is 1.70. The highest BCUT2D eigenvalue weighted by Gasteiger charge is 2.43. The number of carbonyl (C=O) groups excluding carboxylic acids is 1. The second kappa shape index (κ2) is 6.12. The Morgan fingerprint density at radius 3 is 2.62 bits per heavy atom. The first-order chi connectivity index (χ1) is 12.4. The third-order valence-corrected chi connectivity index (χ3v) is 4.32. The van der Waals surface area contributed by atoms with Gasteiger partial charge in [-0.1, -0.05) is 12.1 Å². The molecule has 0 saturated heterocycles. The number of imidazole rings is 1. The Morgan fingerprint density at radius 2 is 1.96 bits per heavy atom. The molecule has 1 atom stereocenters. The maximum absolute atomic E-state index is 13.5. The predicted molar refractivity (Wildman–Crippen MR) is 87.7 cm³/mol.